The zero-order valence-corrected chi connectivity index (χ0v) is 13.5. The molecule has 0 bridgehead atoms. The van der Waals surface area contributed by atoms with Crippen molar-refractivity contribution in [3.8, 4) is 12.1 Å². The number of ketones is 1. The highest BCUT2D eigenvalue weighted by Crippen LogP contribution is 2.53. The first-order valence-corrected chi connectivity index (χ1v) is 7.86. The molecule has 4 nitrogen and oxygen atoms in total. The smallest absolute Gasteiger partial charge is 0.172 e. The SMILES string of the molecule is CC(=O)[C@@H]1[C@@H](C(C)C)C(C#N)(C#N)[C@@H]2C=Cc3ccccc3N12. The Labute approximate surface area is 136 Å². The zero-order valence-electron chi connectivity index (χ0n) is 13.5. The van der Waals surface area contributed by atoms with E-state index in [1.807, 2.05) is 55.2 Å². The van der Waals surface area contributed by atoms with Crippen molar-refractivity contribution in [1.29, 1.82) is 10.5 Å². The van der Waals surface area contributed by atoms with Crippen LogP contribution in [0.1, 0.15) is 26.3 Å². The average Bonchev–Trinajstić information content (AvgIpc) is 2.86. The fourth-order valence-corrected chi connectivity index (χ4v) is 4.26. The van der Waals surface area contributed by atoms with Crippen LogP contribution in [0.25, 0.3) is 6.08 Å². The number of para-hydroxylation sites is 1. The van der Waals surface area contributed by atoms with Crippen molar-refractivity contribution in [3.05, 3.63) is 35.9 Å². The van der Waals surface area contributed by atoms with Gasteiger partial charge in [-0.2, -0.15) is 10.5 Å². The highest BCUT2D eigenvalue weighted by Gasteiger charge is 2.62. The molecule has 0 aliphatic carbocycles. The zero-order chi connectivity index (χ0) is 16.8. The Morgan fingerprint density at radius 2 is 1.91 bits per heavy atom. The Kier molecular flexibility index (Phi) is 3.49. The predicted octanol–water partition coefficient (Wildman–Crippen LogP) is 3.17. The van der Waals surface area contributed by atoms with Crippen molar-refractivity contribution in [2.45, 2.75) is 32.9 Å². The summed E-state index contributed by atoms with van der Waals surface area (Å²) in [6, 6.07) is 11.5. The van der Waals surface area contributed by atoms with Gasteiger partial charge in [0.15, 0.2) is 11.2 Å². The van der Waals surface area contributed by atoms with Gasteiger partial charge in [0, 0.05) is 11.6 Å². The second kappa shape index (κ2) is 5.25. The predicted molar refractivity (Wildman–Crippen MR) is 88.2 cm³/mol. The van der Waals surface area contributed by atoms with E-state index in [4.69, 9.17) is 0 Å². The minimum atomic E-state index is -1.21. The number of nitrogens with zero attached hydrogens (tertiary/aromatic N) is 3. The number of nitriles is 2. The van der Waals surface area contributed by atoms with E-state index in [0.29, 0.717) is 0 Å². The Morgan fingerprint density at radius 3 is 2.48 bits per heavy atom. The van der Waals surface area contributed by atoms with E-state index in [0.717, 1.165) is 11.3 Å². The molecule has 3 rings (SSSR count). The van der Waals surface area contributed by atoms with Gasteiger partial charge in [-0.3, -0.25) is 4.79 Å². The lowest BCUT2D eigenvalue weighted by Gasteiger charge is -2.35. The monoisotopic (exact) mass is 305 g/mol. The first-order chi connectivity index (χ1) is 11.0. The van der Waals surface area contributed by atoms with Crippen LogP contribution in [0.15, 0.2) is 30.3 Å². The molecule has 116 valence electrons. The van der Waals surface area contributed by atoms with Crippen LogP contribution in [0, 0.1) is 39.9 Å². The fraction of sp³-hybridized carbons (Fsp3) is 0.421. The van der Waals surface area contributed by atoms with Crippen molar-refractivity contribution in [2.75, 3.05) is 4.90 Å². The second-order valence-corrected chi connectivity index (χ2v) is 6.69. The maximum Gasteiger partial charge on any atom is 0.172 e. The van der Waals surface area contributed by atoms with Gasteiger partial charge in [0.1, 0.15) is 0 Å². The molecule has 0 saturated carbocycles. The number of fused-ring (bicyclic) bond motifs is 3. The Morgan fingerprint density at radius 1 is 1.26 bits per heavy atom. The van der Waals surface area contributed by atoms with Crippen molar-refractivity contribution < 1.29 is 4.79 Å². The largest absolute Gasteiger partial charge is 0.351 e. The van der Waals surface area contributed by atoms with Gasteiger partial charge >= 0.3 is 0 Å². The quantitative estimate of drug-likeness (QED) is 0.841. The molecule has 2 aliphatic heterocycles. The van der Waals surface area contributed by atoms with Crippen LogP contribution < -0.4 is 4.90 Å². The molecule has 0 unspecified atom stereocenters. The van der Waals surface area contributed by atoms with Crippen LogP contribution in [-0.2, 0) is 4.79 Å². The summed E-state index contributed by atoms with van der Waals surface area (Å²) < 4.78 is 0. The van der Waals surface area contributed by atoms with Gasteiger partial charge in [-0.15, -0.1) is 0 Å². The fourth-order valence-electron chi connectivity index (χ4n) is 4.26. The molecule has 4 heteroatoms. The molecule has 3 atom stereocenters. The van der Waals surface area contributed by atoms with E-state index < -0.39 is 17.5 Å². The maximum absolute atomic E-state index is 12.5. The molecule has 1 aromatic rings. The Bertz CT molecular complexity index is 752. The topological polar surface area (TPSA) is 67.9 Å². The number of carbonyl (C=O) groups is 1. The Balaban J connectivity index is 2.28. The van der Waals surface area contributed by atoms with Crippen LogP contribution in [-0.4, -0.2) is 17.9 Å². The first kappa shape index (κ1) is 15.3. The van der Waals surface area contributed by atoms with Gasteiger partial charge < -0.3 is 4.90 Å². The number of anilines is 1. The van der Waals surface area contributed by atoms with E-state index in [1.54, 1.807) is 6.92 Å². The van der Waals surface area contributed by atoms with Gasteiger partial charge in [0.25, 0.3) is 0 Å². The van der Waals surface area contributed by atoms with Gasteiger partial charge in [-0.1, -0.05) is 44.2 Å². The van der Waals surface area contributed by atoms with Crippen molar-refractivity contribution >= 4 is 17.5 Å². The van der Waals surface area contributed by atoms with Crippen LogP contribution >= 0.6 is 0 Å². The average molecular weight is 305 g/mol. The summed E-state index contributed by atoms with van der Waals surface area (Å²) in [5.74, 6) is -0.267. The molecule has 2 aliphatic rings. The summed E-state index contributed by atoms with van der Waals surface area (Å²) in [4.78, 5) is 14.5. The van der Waals surface area contributed by atoms with Crippen LogP contribution in [0.2, 0.25) is 0 Å². The highest BCUT2D eigenvalue weighted by atomic mass is 16.1. The van der Waals surface area contributed by atoms with E-state index >= 15 is 0 Å². The number of benzene rings is 1. The molecule has 1 aromatic carbocycles. The van der Waals surface area contributed by atoms with Gasteiger partial charge in [0.05, 0.1) is 24.2 Å². The molecule has 0 aromatic heterocycles. The van der Waals surface area contributed by atoms with Gasteiger partial charge in [-0.05, 0) is 24.5 Å². The van der Waals surface area contributed by atoms with E-state index in [-0.39, 0.29) is 17.6 Å². The van der Waals surface area contributed by atoms with Crippen molar-refractivity contribution in [1.82, 2.24) is 0 Å². The molecule has 23 heavy (non-hydrogen) atoms. The third kappa shape index (κ3) is 1.92. The van der Waals surface area contributed by atoms with E-state index in [9.17, 15) is 15.3 Å². The lowest BCUT2D eigenvalue weighted by molar-refractivity contribution is -0.119. The van der Waals surface area contributed by atoms with Crippen LogP contribution in [0.5, 0.6) is 0 Å². The summed E-state index contributed by atoms with van der Waals surface area (Å²) >= 11 is 0. The van der Waals surface area contributed by atoms with Crippen LogP contribution in [0.4, 0.5) is 5.69 Å². The third-order valence-corrected chi connectivity index (χ3v) is 5.11. The number of hydrogen-bond acceptors (Lipinski definition) is 4. The molecule has 0 radical (unpaired) electrons. The molecule has 1 saturated heterocycles. The van der Waals surface area contributed by atoms with Crippen molar-refractivity contribution in [2.24, 2.45) is 17.3 Å². The number of Topliss-reactive ketones (excluding diaryl/α,β-unsaturated/α-hetero) is 1. The first-order valence-electron chi connectivity index (χ1n) is 7.86. The highest BCUT2D eigenvalue weighted by molar-refractivity contribution is 5.90. The summed E-state index contributed by atoms with van der Waals surface area (Å²) in [5.41, 5.74) is 0.733. The summed E-state index contributed by atoms with van der Waals surface area (Å²) in [5, 5.41) is 19.8. The van der Waals surface area contributed by atoms with E-state index in [2.05, 4.69) is 12.1 Å². The maximum atomic E-state index is 12.5. The summed E-state index contributed by atoms with van der Waals surface area (Å²) in [6.07, 6.45) is 3.87. The standard InChI is InChI=1S/C19H19N3O/c1-12(2)17-18(13(3)23)22-15-7-5-4-6-14(15)8-9-16(22)19(17,10-20)11-21/h4-9,12,16-18H,1-3H3/t16-,17+,18+/m0/s1. The van der Waals surface area contributed by atoms with Crippen molar-refractivity contribution in [3.63, 3.8) is 0 Å². The number of rotatable bonds is 2. The minimum Gasteiger partial charge on any atom is -0.351 e. The molecule has 0 amide bonds. The normalized spacial score (nSPS) is 27.0. The lowest BCUT2D eigenvalue weighted by atomic mass is 9.68. The molecular formula is C19H19N3O. The molecule has 0 N–H and O–H groups in total. The summed E-state index contributed by atoms with van der Waals surface area (Å²) in [7, 11) is 0. The lowest BCUT2D eigenvalue weighted by Crippen LogP contribution is -2.44. The molecule has 0 spiro atoms. The van der Waals surface area contributed by atoms with Gasteiger partial charge in [0.2, 0.25) is 0 Å². The molecular weight excluding hydrogens is 286 g/mol. The van der Waals surface area contributed by atoms with Gasteiger partial charge in [-0.25, -0.2) is 0 Å². The number of hydrogen-bond donors (Lipinski definition) is 0. The van der Waals surface area contributed by atoms with E-state index in [1.165, 1.54) is 0 Å². The van der Waals surface area contributed by atoms with Crippen LogP contribution in [0.3, 0.4) is 0 Å². The summed E-state index contributed by atoms with van der Waals surface area (Å²) in [6.45, 7) is 5.53. The Hall–Kier alpha value is -2.59. The second-order valence-electron chi connectivity index (χ2n) is 6.69. The number of carbonyl (C=O) groups excluding carboxylic acids is 1. The molecule has 2 heterocycles. The molecule has 1 fully saturated rings. The third-order valence-electron chi connectivity index (χ3n) is 5.11. The minimum absolute atomic E-state index is 0.00572.